The van der Waals surface area contributed by atoms with Crippen molar-refractivity contribution in [2.24, 2.45) is 0 Å². The molecule has 7 heteroatoms. The maximum Gasteiger partial charge on any atom is 0.242 e. The van der Waals surface area contributed by atoms with E-state index in [1.165, 1.54) is 6.33 Å². The van der Waals surface area contributed by atoms with Crippen molar-refractivity contribution in [1.29, 1.82) is 0 Å². The first-order chi connectivity index (χ1) is 8.17. The first-order valence-electron chi connectivity index (χ1n) is 5.17. The Labute approximate surface area is 109 Å². The van der Waals surface area contributed by atoms with Crippen molar-refractivity contribution in [3.8, 4) is 5.88 Å². The van der Waals surface area contributed by atoms with Crippen LogP contribution in [0.15, 0.2) is 6.33 Å². The molecule has 2 rings (SSSR count). The van der Waals surface area contributed by atoms with Gasteiger partial charge in [0.2, 0.25) is 5.88 Å². The zero-order valence-electron chi connectivity index (χ0n) is 9.93. The van der Waals surface area contributed by atoms with E-state index in [9.17, 15) is 0 Å². The zero-order valence-corrected chi connectivity index (χ0v) is 11.6. The number of thioether (sulfide) groups is 1. The standard InChI is InChI=1S/C10H14N4OS2/c1-6(17-3)4-14-8-7(13-10(14)16)9(15-2)12-5-11-8/h5-6H,4H2,1-3H3,(H,13,16). The molecule has 0 amide bonds. The Kier molecular flexibility index (Phi) is 3.68. The molecule has 1 atom stereocenters. The van der Waals surface area contributed by atoms with Crippen LogP contribution >= 0.6 is 24.0 Å². The number of nitrogens with zero attached hydrogens (tertiary/aromatic N) is 3. The minimum absolute atomic E-state index is 0.474. The predicted molar refractivity (Wildman–Crippen MR) is 72.2 cm³/mol. The molecular weight excluding hydrogens is 256 g/mol. The molecule has 0 radical (unpaired) electrons. The molecule has 17 heavy (non-hydrogen) atoms. The minimum Gasteiger partial charge on any atom is -0.479 e. The molecule has 0 saturated carbocycles. The van der Waals surface area contributed by atoms with E-state index in [-0.39, 0.29) is 0 Å². The number of imidazole rings is 1. The van der Waals surface area contributed by atoms with Crippen LogP contribution in [-0.4, -0.2) is 38.1 Å². The lowest BCUT2D eigenvalue weighted by Crippen LogP contribution is -2.09. The van der Waals surface area contributed by atoms with Crippen LogP contribution in [0, 0.1) is 4.77 Å². The highest BCUT2D eigenvalue weighted by molar-refractivity contribution is 7.99. The van der Waals surface area contributed by atoms with Crippen molar-refractivity contribution in [3.05, 3.63) is 11.1 Å². The zero-order chi connectivity index (χ0) is 12.4. The molecule has 92 valence electrons. The number of aromatic amines is 1. The SMILES string of the molecule is COc1ncnc2c1[nH]c(=S)n2CC(C)SC. The van der Waals surface area contributed by atoms with E-state index >= 15 is 0 Å². The van der Waals surface area contributed by atoms with Crippen molar-refractivity contribution >= 4 is 35.1 Å². The molecule has 2 aromatic rings. The van der Waals surface area contributed by atoms with Crippen molar-refractivity contribution in [2.45, 2.75) is 18.7 Å². The summed E-state index contributed by atoms with van der Waals surface area (Å²) in [4.78, 5) is 11.4. The Morgan fingerprint density at radius 1 is 1.59 bits per heavy atom. The van der Waals surface area contributed by atoms with E-state index in [1.54, 1.807) is 18.9 Å². The summed E-state index contributed by atoms with van der Waals surface area (Å²) < 4.78 is 7.81. The molecule has 1 N–H and O–H groups in total. The van der Waals surface area contributed by atoms with Crippen molar-refractivity contribution in [2.75, 3.05) is 13.4 Å². The van der Waals surface area contributed by atoms with Crippen LogP contribution in [0.25, 0.3) is 11.2 Å². The highest BCUT2D eigenvalue weighted by atomic mass is 32.2. The van der Waals surface area contributed by atoms with Crippen molar-refractivity contribution in [3.63, 3.8) is 0 Å². The van der Waals surface area contributed by atoms with Gasteiger partial charge in [0.05, 0.1) is 7.11 Å². The third-order valence-corrected chi connectivity index (χ3v) is 3.84. The summed E-state index contributed by atoms with van der Waals surface area (Å²) in [6.45, 7) is 2.98. The largest absolute Gasteiger partial charge is 0.479 e. The van der Waals surface area contributed by atoms with Crippen LogP contribution in [0.5, 0.6) is 5.88 Å². The molecule has 0 saturated heterocycles. The third kappa shape index (κ3) is 2.30. The molecule has 5 nitrogen and oxygen atoms in total. The highest BCUT2D eigenvalue weighted by Gasteiger charge is 2.12. The predicted octanol–water partition coefficient (Wildman–Crippen LogP) is 2.25. The second-order valence-corrected chi connectivity index (χ2v) is 5.33. The van der Waals surface area contributed by atoms with E-state index in [0.29, 0.717) is 15.9 Å². The van der Waals surface area contributed by atoms with Gasteiger partial charge < -0.3 is 14.3 Å². The van der Waals surface area contributed by atoms with E-state index in [4.69, 9.17) is 17.0 Å². The van der Waals surface area contributed by atoms with Gasteiger partial charge in [-0.1, -0.05) is 6.92 Å². The Bertz CT molecular complexity index is 577. The van der Waals surface area contributed by atoms with Crippen LogP contribution in [0.4, 0.5) is 0 Å². The fraction of sp³-hybridized carbons (Fsp3) is 0.500. The highest BCUT2D eigenvalue weighted by Crippen LogP contribution is 2.21. The number of nitrogens with one attached hydrogen (secondary N) is 1. The molecule has 0 bridgehead atoms. The summed E-state index contributed by atoms with van der Waals surface area (Å²) in [7, 11) is 1.58. The lowest BCUT2D eigenvalue weighted by Gasteiger charge is -2.09. The molecule has 2 aromatic heterocycles. The molecule has 0 aliphatic rings. The van der Waals surface area contributed by atoms with E-state index < -0.39 is 0 Å². The topological polar surface area (TPSA) is 55.7 Å². The normalized spacial score (nSPS) is 12.9. The first-order valence-corrected chi connectivity index (χ1v) is 6.87. The van der Waals surface area contributed by atoms with Gasteiger partial charge in [-0.05, 0) is 18.5 Å². The molecule has 0 spiro atoms. The van der Waals surface area contributed by atoms with Crippen molar-refractivity contribution in [1.82, 2.24) is 19.5 Å². The van der Waals surface area contributed by atoms with Crippen LogP contribution < -0.4 is 4.74 Å². The van der Waals surface area contributed by atoms with Crippen LogP contribution in [0.1, 0.15) is 6.92 Å². The van der Waals surface area contributed by atoms with Gasteiger partial charge in [-0.3, -0.25) is 0 Å². The Morgan fingerprint density at radius 3 is 3.00 bits per heavy atom. The average Bonchev–Trinajstić information content (AvgIpc) is 2.66. The maximum absolute atomic E-state index is 5.30. The number of hydrogen-bond acceptors (Lipinski definition) is 5. The quantitative estimate of drug-likeness (QED) is 0.864. The van der Waals surface area contributed by atoms with Gasteiger partial charge in [0, 0.05) is 11.8 Å². The fourth-order valence-corrected chi connectivity index (χ4v) is 2.16. The van der Waals surface area contributed by atoms with Crippen LogP contribution in [0.2, 0.25) is 0 Å². The number of aromatic nitrogens is 4. The summed E-state index contributed by atoms with van der Waals surface area (Å²) in [6.07, 6.45) is 3.57. The molecule has 0 aromatic carbocycles. The van der Waals surface area contributed by atoms with Crippen LogP contribution in [-0.2, 0) is 6.54 Å². The van der Waals surface area contributed by atoms with Crippen molar-refractivity contribution < 1.29 is 4.74 Å². The number of hydrogen-bond donors (Lipinski definition) is 1. The van der Waals surface area contributed by atoms with Gasteiger partial charge in [0.15, 0.2) is 10.4 Å². The molecule has 0 fully saturated rings. The number of ether oxygens (including phenoxy) is 1. The van der Waals surface area contributed by atoms with Gasteiger partial charge in [0.25, 0.3) is 0 Å². The summed E-state index contributed by atoms with van der Waals surface area (Å²) in [6, 6.07) is 0. The van der Waals surface area contributed by atoms with Crippen LogP contribution in [0.3, 0.4) is 0 Å². The average molecular weight is 270 g/mol. The van der Waals surface area contributed by atoms with Gasteiger partial charge >= 0.3 is 0 Å². The number of rotatable bonds is 4. The molecule has 0 aliphatic heterocycles. The fourth-order valence-electron chi connectivity index (χ4n) is 1.60. The summed E-state index contributed by atoms with van der Waals surface area (Å²) >= 11 is 7.10. The third-order valence-electron chi connectivity index (χ3n) is 2.56. The Hall–Kier alpha value is -1.08. The van der Waals surface area contributed by atoms with Gasteiger partial charge in [-0.25, -0.2) is 4.98 Å². The number of fused-ring (bicyclic) bond motifs is 1. The Morgan fingerprint density at radius 2 is 2.35 bits per heavy atom. The maximum atomic E-state index is 5.30. The Balaban J connectivity index is 2.56. The second kappa shape index (κ2) is 5.05. The lowest BCUT2D eigenvalue weighted by atomic mass is 10.4. The summed E-state index contributed by atoms with van der Waals surface area (Å²) in [5, 5.41) is 0.474. The molecule has 1 unspecified atom stereocenters. The summed E-state index contributed by atoms with van der Waals surface area (Å²) in [5.41, 5.74) is 1.55. The smallest absolute Gasteiger partial charge is 0.242 e. The van der Waals surface area contributed by atoms with Gasteiger partial charge in [0.1, 0.15) is 11.8 Å². The second-order valence-electron chi connectivity index (χ2n) is 3.67. The first kappa shape index (κ1) is 12.4. The van der Waals surface area contributed by atoms with E-state index in [1.807, 2.05) is 4.57 Å². The molecule has 2 heterocycles. The monoisotopic (exact) mass is 270 g/mol. The lowest BCUT2D eigenvalue weighted by molar-refractivity contribution is 0.401. The molecule has 0 aliphatic carbocycles. The van der Waals surface area contributed by atoms with E-state index in [0.717, 1.165) is 17.7 Å². The summed E-state index contributed by atoms with van der Waals surface area (Å²) in [5.74, 6) is 0.525. The minimum atomic E-state index is 0.474. The van der Waals surface area contributed by atoms with E-state index in [2.05, 4.69) is 28.1 Å². The molecular formula is C10H14N4OS2. The van der Waals surface area contributed by atoms with Gasteiger partial charge in [-0.2, -0.15) is 16.7 Å². The number of methoxy groups -OCH3 is 1. The number of H-pyrrole nitrogens is 1. The van der Waals surface area contributed by atoms with Gasteiger partial charge in [-0.15, -0.1) is 0 Å².